The molecule has 1 aromatic carbocycles. The highest BCUT2D eigenvalue weighted by atomic mass is 79.9. The maximum Gasteiger partial charge on any atom is 0.313 e. The molecule has 0 saturated carbocycles. The summed E-state index contributed by atoms with van der Waals surface area (Å²) < 4.78 is 0.808. The number of rotatable bonds is 2. The molecule has 0 saturated heterocycles. The highest BCUT2D eigenvalue weighted by molar-refractivity contribution is 9.10. The van der Waals surface area contributed by atoms with Crippen molar-refractivity contribution in [3.63, 3.8) is 0 Å². The van der Waals surface area contributed by atoms with Gasteiger partial charge in [0, 0.05) is 5.39 Å². The molecule has 16 heavy (non-hydrogen) atoms. The third kappa shape index (κ3) is 1.61. The molecule has 0 aliphatic rings. The zero-order valence-corrected chi connectivity index (χ0v) is 10.5. The van der Waals surface area contributed by atoms with Gasteiger partial charge in [0.15, 0.2) is 0 Å². The van der Waals surface area contributed by atoms with Crippen LogP contribution in [0.5, 0.6) is 0 Å². The first-order valence-electron chi connectivity index (χ1n) is 4.80. The summed E-state index contributed by atoms with van der Waals surface area (Å²) in [5.74, 6) is -0.846. The fourth-order valence-electron chi connectivity index (χ4n) is 1.49. The minimum Gasteiger partial charge on any atom is -0.481 e. The first-order valence-corrected chi connectivity index (χ1v) is 5.59. The van der Waals surface area contributed by atoms with Crippen LogP contribution >= 0.6 is 15.9 Å². The van der Waals surface area contributed by atoms with Crippen LogP contribution in [0.1, 0.15) is 19.4 Å². The number of hydrogen-bond donors (Lipinski definition) is 2. The molecular formula is C11H11BrN2O2. The van der Waals surface area contributed by atoms with E-state index in [1.165, 1.54) is 0 Å². The van der Waals surface area contributed by atoms with E-state index in [9.17, 15) is 4.79 Å². The normalized spacial score (nSPS) is 11.9. The molecule has 1 aromatic heterocycles. The van der Waals surface area contributed by atoms with E-state index in [0.717, 1.165) is 21.1 Å². The third-order valence-corrected chi connectivity index (χ3v) is 3.37. The van der Waals surface area contributed by atoms with E-state index in [1.807, 2.05) is 12.1 Å². The number of carboxylic acids is 1. The Morgan fingerprint density at radius 2 is 2.19 bits per heavy atom. The van der Waals surface area contributed by atoms with Gasteiger partial charge in [-0.3, -0.25) is 9.89 Å². The summed E-state index contributed by atoms with van der Waals surface area (Å²) >= 11 is 3.34. The SMILES string of the molecule is CC(C)(C(=O)O)c1ccc2c(Br)[nH]nc2c1. The van der Waals surface area contributed by atoms with Crippen LogP contribution in [0.2, 0.25) is 0 Å². The van der Waals surface area contributed by atoms with Gasteiger partial charge in [0.25, 0.3) is 0 Å². The molecule has 4 nitrogen and oxygen atoms in total. The van der Waals surface area contributed by atoms with Crippen molar-refractivity contribution in [2.24, 2.45) is 0 Å². The molecule has 0 spiro atoms. The molecule has 0 aliphatic carbocycles. The van der Waals surface area contributed by atoms with E-state index in [4.69, 9.17) is 5.11 Å². The van der Waals surface area contributed by atoms with Crippen molar-refractivity contribution in [2.75, 3.05) is 0 Å². The Labute approximate surface area is 101 Å². The topological polar surface area (TPSA) is 66.0 Å². The number of carboxylic acid groups (broad SMARTS) is 1. The van der Waals surface area contributed by atoms with Crippen molar-refractivity contribution in [3.05, 3.63) is 28.4 Å². The van der Waals surface area contributed by atoms with Crippen molar-refractivity contribution < 1.29 is 9.90 Å². The second-order valence-electron chi connectivity index (χ2n) is 4.20. The molecular weight excluding hydrogens is 272 g/mol. The number of aromatic nitrogens is 2. The largest absolute Gasteiger partial charge is 0.481 e. The summed E-state index contributed by atoms with van der Waals surface area (Å²) in [4.78, 5) is 11.1. The number of halogens is 1. The zero-order valence-electron chi connectivity index (χ0n) is 8.91. The maximum atomic E-state index is 11.1. The molecule has 2 N–H and O–H groups in total. The first kappa shape index (κ1) is 11.1. The molecule has 2 rings (SSSR count). The summed E-state index contributed by atoms with van der Waals surface area (Å²) in [6.45, 7) is 3.36. The van der Waals surface area contributed by atoms with Crippen LogP contribution < -0.4 is 0 Å². The number of aromatic amines is 1. The summed E-state index contributed by atoms with van der Waals surface area (Å²) in [5, 5.41) is 17.0. The summed E-state index contributed by atoms with van der Waals surface area (Å²) in [6.07, 6.45) is 0. The van der Waals surface area contributed by atoms with Crippen molar-refractivity contribution in [1.29, 1.82) is 0 Å². The van der Waals surface area contributed by atoms with Gasteiger partial charge in [0.1, 0.15) is 4.60 Å². The van der Waals surface area contributed by atoms with Gasteiger partial charge in [0.05, 0.1) is 10.9 Å². The van der Waals surface area contributed by atoms with Gasteiger partial charge < -0.3 is 5.11 Å². The smallest absolute Gasteiger partial charge is 0.313 e. The van der Waals surface area contributed by atoms with E-state index in [-0.39, 0.29) is 0 Å². The molecule has 5 heteroatoms. The van der Waals surface area contributed by atoms with Gasteiger partial charge in [-0.25, -0.2) is 0 Å². The van der Waals surface area contributed by atoms with E-state index in [1.54, 1.807) is 19.9 Å². The molecule has 0 unspecified atom stereocenters. The van der Waals surface area contributed by atoms with Crippen molar-refractivity contribution in [1.82, 2.24) is 10.2 Å². The number of hydrogen-bond acceptors (Lipinski definition) is 2. The Morgan fingerprint density at radius 1 is 1.50 bits per heavy atom. The lowest BCUT2D eigenvalue weighted by Crippen LogP contribution is -2.28. The molecule has 1 heterocycles. The number of aliphatic carboxylic acids is 1. The Kier molecular flexibility index (Phi) is 2.50. The Bertz CT molecular complexity index is 560. The molecule has 0 radical (unpaired) electrons. The number of carbonyl (C=O) groups is 1. The van der Waals surface area contributed by atoms with Gasteiger partial charge in [-0.15, -0.1) is 0 Å². The van der Waals surface area contributed by atoms with Crippen LogP contribution in [-0.2, 0) is 10.2 Å². The van der Waals surface area contributed by atoms with Crippen molar-refractivity contribution in [2.45, 2.75) is 19.3 Å². The summed E-state index contributed by atoms with van der Waals surface area (Å²) in [7, 11) is 0. The summed E-state index contributed by atoms with van der Waals surface area (Å²) in [6, 6.07) is 5.48. The standard InChI is InChI=1S/C11H11BrN2O2/c1-11(2,10(15)16)6-3-4-7-8(5-6)13-14-9(7)12/h3-5H,1-2H3,(H,13,14)(H,15,16). The van der Waals surface area contributed by atoms with Crippen molar-refractivity contribution >= 4 is 32.8 Å². The predicted molar refractivity (Wildman–Crippen MR) is 64.5 cm³/mol. The number of benzene rings is 1. The Hall–Kier alpha value is -1.36. The minimum absolute atomic E-state index is 0.742. The van der Waals surface area contributed by atoms with Gasteiger partial charge in [0.2, 0.25) is 0 Å². The molecule has 0 atom stereocenters. The van der Waals surface area contributed by atoms with E-state index < -0.39 is 11.4 Å². The van der Waals surface area contributed by atoms with Crippen LogP contribution in [0.25, 0.3) is 10.9 Å². The van der Waals surface area contributed by atoms with E-state index in [0.29, 0.717) is 0 Å². The zero-order chi connectivity index (χ0) is 11.9. The van der Waals surface area contributed by atoms with Crippen LogP contribution in [0.15, 0.2) is 22.8 Å². The molecule has 2 aromatic rings. The molecule has 84 valence electrons. The minimum atomic E-state index is -0.903. The second-order valence-corrected chi connectivity index (χ2v) is 4.99. The van der Waals surface area contributed by atoms with E-state index >= 15 is 0 Å². The van der Waals surface area contributed by atoms with Gasteiger partial charge >= 0.3 is 5.97 Å². The highest BCUT2D eigenvalue weighted by Gasteiger charge is 2.29. The number of nitrogens with one attached hydrogen (secondary N) is 1. The fourth-order valence-corrected chi connectivity index (χ4v) is 1.92. The third-order valence-electron chi connectivity index (χ3n) is 2.77. The first-order chi connectivity index (χ1) is 7.43. The van der Waals surface area contributed by atoms with Crippen LogP contribution in [0.4, 0.5) is 0 Å². The Morgan fingerprint density at radius 3 is 2.81 bits per heavy atom. The van der Waals surface area contributed by atoms with Gasteiger partial charge in [-0.2, -0.15) is 5.10 Å². The predicted octanol–water partition coefficient (Wildman–Crippen LogP) is 2.69. The quantitative estimate of drug-likeness (QED) is 0.890. The lowest BCUT2D eigenvalue weighted by Gasteiger charge is -2.19. The molecule has 0 bridgehead atoms. The monoisotopic (exact) mass is 282 g/mol. The highest BCUT2D eigenvalue weighted by Crippen LogP contribution is 2.28. The van der Waals surface area contributed by atoms with Crippen LogP contribution in [-0.4, -0.2) is 21.3 Å². The van der Waals surface area contributed by atoms with E-state index in [2.05, 4.69) is 26.1 Å². The fraction of sp³-hybridized carbons (Fsp3) is 0.273. The van der Waals surface area contributed by atoms with Crippen LogP contribution in [0, 0.1) is 0 Å². The van der Waals surface area contributed by atoms with Gasteiger partial charge in [-0.05, 0) is 47.5 Å². The van der Waals surface area contributed by atoms with Crippen molar-refractivity contribution in [3.8, 4) is 0 Å². The molecule has 0 fully saturated rings. The number of fused-ring (bicyclic) bond motifs is 1. The number of nitrogens with zero attached hydrogens (tertiary/aromatic N) is 1. The lowest BCUT2D eigenvalue weighted by molar-refractivity contribution is -0.142. The Balaban J connectivity index is 2.59. The summed E-state index contributed by atoms with van der Waals surface area (Å²) in [5.41, 5.74) is 0.602. The maximum absolute atomic E-state index is 11.1. The lowest BCUT2D eigenvalue weighted by atomic mass is 9.84. The average Bonchev–Trinajstić information content (AvgIpc) is 2.60. The second kappa shape index (κ2) is 3.59. The average molecular weight is 283 g/mol. The number of H-pyrrole nitrogens is 1. The van der Waals surface area contributed by atoms with Crippen LogP contribution in [0.3, 0.4) is 0 Å². The molecule has 0 amide bonds. The van der Waals surface area contributed by atoms with Gasteiger partial charge in [-0.1, -0.05) is 6.07 Å². The molecule has 0 aliphatic heterocycles.